The van der Waals surface area contributed by atoms with E-state index in [0.29, 0.717) is 21.6 Å². The lowest BCUT2D eigenvalue weighted by molar-refractivity contribution is 0.102. The van der Waals surface area contributed by atoms with E-state index in [9.17, 15) is 4.79 Å². The van der Waals surface area contributed by atoms with Crippen LogP contribution in [-0.4, -0.2) is 23.2 Å². The zero-order valence-corrected chi connectivity index (χ0v) is 15.2. The van der Waals surface area contributed by atoms with Gasteiger partial charge in [0.05, 0.1) is 17.8 Å². The van der Waals surface area contributed by atoms with Crippen molar-refractivity contribution < 1.29 is 9.53 Å². The number of aromatic nitrogens is 2. The third kappa shape index (κ3) is 4.41. The van der Waals surface area contributed by atoms with Gasteiger partial charge in [-0.15, -0.1) is 10.2 Å². The SMILES string of the molecule is COc1cccc(Nc2ccc(C(=O)Nc3cc(Cl)ccc3Cl)nn2)c1. The summed E-state index contributed by atoms with van der Waals surface area (Å²) in [6.07, 6.45) is 0. The number of nitrogens with one attached hydrogen (secondary N) is 2. The second-order valence-corrected chi connectivity index (χ2v) is 6.08. The quantitative estimate of drug-likeness (QED) is 0.656. The molecule has 1 heterocycles. The number of methoxy groups -OCH3 is 1. The molecule has 2 N–H and O–H groups in total. The van der Waals surface area contributed by atoms with Gasteiger partial charge in [0.25, 0.3) is 5.91 Å². The van der Waals surface area contributed by atoms with Gasteiger partial charge in [0, 0.05) is 16.8 Å². The van der Waals surface area contributed by atoms with Crippen molar-refractivity contribution in [3.8, 4) is 5.75 Å². The van der Waals surface area contributed by atoms with Crippen molar-refractivity contribution in [2.45, 2.75) is 0 Å². The molecule has 132 valence electrons. The standard InChI is InChI=1S/C18H14Cl2N4O2/c1-26-13-4-2-3-12(10-13)21-17-8-7-15(23-24-17)18(25)22-16-9-11(19)5-6-14(16)20/h2-10H,1H3,(H,21,24)(H,22,25). The Hall–Kier alpha value is -2.83. The van der Waals surface area contributed by atoms with Crippen molar-refractivity contribution in [2.24, 2.45) is 0 Å². The summed E-state index contributed by atoms with van der Waals surface area (Å²) in [5.41, 5.74) is 1.35. The number of anilines is 3. The maximum Gasteiger partial charge on any atom is 0.276 e. The van der Waals surface area contributed by atoms with Crippen LogP contribution in [0.25, 0.3) is 0 Å². The van der Waals surface area contributed by atoms with Crippen LogP contribution >= 0.6 is 23.2 Å². The monoisotopic (exact) mass is 388 g/mol. The Morgan fingerprint density at radius 1 is 1.04 bits per heavy atom. The maximum absolute atomic E-state index is 12.3. The number of carbonyl (C=O) groups excluding carboxylic acids is 1. The third-order valence-electron chi connectivity index (χ3n) is 3.42. The van der Waals surface area contributed by atoms with Gasteiger partial charge >= 0.3 is 0 Å². The van der Waals surface area contributed by atoms with E-state index in [2.05, 4.69) is 20.8 Å². The van der Waals surface area contributed by atoms with Gasteiger partial charge in [-0.25, -0.2) is 0 Å². The average molecular weight is 389 g/mol. The number of ether oxygens (including phenoxy) is 1. The molecule has 2 aromatic carbocycles. The second kappa shape index (κ2) is 8.03. The molecule has 3 aromatic rings. The lowest BCUT2D eigenvalue weighted by atomic mass is 10.3. The molecule has 0 aliphatic rings. The molecule has 0 bridgehead atoms. The van der Waals surface area contributed by atoms with Gasteiger partial charge in [-0.05, 0) is 42.5 Å². The number of hydrogen-bond acceptors (Lipinski definition) is 5. The maximum atomic E-state index is 12.3. The molecule has 26 heavy (non-hydrogen) atoms. The highest BCUT2D eigenvalue weighted by molar-refractivity contribution is 6.35. The highest BCUT2D eigenvalue weighted by atomic mass is 35.5. The lowest BCUT2D eigenvalue weighted by Crippen LogP contribution is -2.14. The Morgan fingerprint density at radius 3 is 2.62 bits per heavy atom. The van der Waals surface area contributed by atoms with E-state index in [1.165, 1.54) is 0 Å². The van der Waals surface area contributed by atoms with Crippen molar-refractivity contribution in [3.63, 3.8) is 0 Å². The topological polar surface area (TPSA) is 76.1 Å². The van der Waals surface area contributed by atoms with E-state index in [0.717, 1.165) is 11.4 Å². The van der Waals surface area contributed by atoms with Crippen LogP contribution in [0.3, 0.4) is 0 Å². The molecule has 0 aliphatic carbocycles. The molecule has 0 saturated heterocycles. The van der Waals surface area contributed by atoms with Crippen molar-refractivity contribution in [2.75, 3.05) is 17.7 Å². The van der Waals surface area contributed by atoms with Crippen LogP contribution < -0.4 is 15.4 Å². The molecule has 0 aliphatic heterocycles. The van der Waals surface area contributed by atoms with E-state index in [1.54, 1.807) is 37.4 Å². The van der Waals surface area contributed by atoms with Crippen LogP contribution in [0.1, 0.15) is 10.5 Å². The van der Waals surface area contributed by atoms with Gasteiger partial charge in [-0.2, -0.15) is 0 Å². The van der Waals surface area contributed by atoms with Gasteiger partial charge in [-0.1, -0.05) is 29.3 Å². The summed E-state index contributed by atoms with van der Waals surface area (Å²) < 4.78 is 5.17. The Kier molecular flexibility index (Phi) is 5.55. The van der Waals surface area contributed by atoms with Crippen LogP contribution in [0, 0.1) is 0 Å². The van der Waals surface area contributed by atoms with Crippen molar-refractivity contribution in [1.82, 2.24) is 10.2 Å². The highest BCUT2D eigenvalue weighted by Gasteiger charge is 2.11. The van der Waals surface area contributed by atoms with Crippen LogP contribution in [0.2, 0.25) is 10.0 Å². The number of amides is 1. The summed E-state index contributed by atoms with van der Waals surface area (Å²) >= 11 is 11.9. The Balaban J connectivity index is 1.70. The predicted molar refractivity (Wildman–Crippen MR) is 103 cm³/mol. The molecule has 1 aromatic heterocycles. The summed E-state index contributed by atoms with van der Waals surface area (Å²) in [7, 11) is 1.60. The first-order chi connectivity index (χ1) is 12.5. The molecule has 0 spiro atoms. The number of rotatable bonds is 5. The Morgan fingerprint density at radius 2 is 1.88 bits per heavy atom. The molecular weight excluding hydrogens is 375 g/mol. The first-order valence-electron chi connectivity index (χ1n) is 7.56. The zero-order chi connectivity index (χ0) is 18.5. The van der Waals surface area contributed by atoms with Crippen molar-refractivity contribution in [1.29, 1.82) is 0 Å². The van der Waals surface area contributed by atoms with Crippen LogP contribution in [-0.2, 0) is 0 Å². The second-order valence-electron chi connectivity index (χ2n) is 5.24. The fourth-order valence-electron chi connectivity index (χ4n) is 2.15. The molecule has 0 atom stereocenters. The molecule has 0 fully saturated rings. The van der Waals surface area contributed by atoms with E-state index in [4.69, 9.17) is 27.9 Å². The molecule has 3 rings (SSSR count). The molecule has 8 heteroatoms. The lowest BCUT2D eigenvalue weighted by Gasteiger charge is -2.08. The largest absolute Gasteiger partial charge is 0.497 e. The van der Waals surface area contributed by atoms with Crippen LogP contribution in [0.15, 0.2) is 54.6 Å². The first kappa shape index (κ1) is 18.0. The fraction of sp³-hybridized carbons (Fsp3) is 0.0556. The molecule has 0 radical (unpaired) electrons. The van der Waals surface area contributed by atoms with Crippen molar-refractivity contribution >= 4 is 46.3 Å². The minimum absolute atomic E-state index is 0.150. The Labute approximate surface area is 160 Å². The van der Waals surface area contributed by atoms with Gasteiger partial charge in [0.2, 0.25) is 0 Å². The Bertz CT molecular complexity index is 933. The number of benzene rings is 2. The summed E-state index contributed by atoms with van der Waals surface area (Å²) in [4.78, 5) is 12.3. The fourth-order valence-corrected chi connectivity index (χ4v) is 2.49. The summed E-state index contributed by atoms with van der Waals surface area (Å²) in [5, 5.41) is 14.5. The van der Waals surface area contributed by atoms with E-state index in [1.807, 2.05) is 24.3 Å². The van der Waals surface area contributed by atoms with Crippen LogP contribution in [0.5, 0.6) is 5.75 Å². The summed E-state index contributed by atoms with van der Waals surface area (Å²) in [5.74, 6) is 0.780. The highest BCUT2D eigenvalue weighted by Crippen LogP contribution is 2.26. The third-order valence-corrected chi connectivity index (χ3v) is 3.98. The molecule has 6 nitrogen and oxygen atoms in total. The van der Waals surface area contributed by atoms with E-state index < -0.39 is 5.91 Å². The predicted octanol–water partition coefficient (Wildman–Crippen LogP) is 4.79. The van der Waals surface area contributed by atoms with E-state index >= 15 is 0 Å². The zero-order valence-electron chi connectivity index (χ0n) is 13.7. The summed E-state index contributed by atoms with van der Waals surface area (Å²) in [6, 6.07) is 15.4. The van der Waals surface area contributed by atoms with Gasteiger partial charge in [0.1, 0.15) is 5.75 Å². The van der Waals surface area contributed by atoms with Crippen LogP contribution in [0.4, 0.5) is 17.2 Å². The molecule has 0 saturated carbocycles. The van der Waals surface area contributed by atoms with Crippen molar-refractivity contribution in [3.05, 3.63) is 70.3 Å². The minimum Gasteiger partial charge on any atom is -0.497 e. The molecular formula is C18H14Cl2N4O2. The minimum atomic E-state index is -0.436. The molecule has 0 unspecified atom stereocenters. The smallest absolute Gasteiger partial charge is 0.276 e. The number of hydrogen-bond donors (Lipinski definition) is 2. The number of halogens is 2. The first-order valence-corrected chi connectivity index (χ1v) is 8.32. The molecule has 1 amide bonds. The summed E-state index contributed by atoms with van der Waals surface area (Å²) in [6.45, 7) is 0. The van der Waals surface area contributed by atoms with Gasteiger partial charge < -0.3 is 15.4 Å². The average Bonchev–Trinajstić information content (AvgIpc) is 2.65. The number of carbonyl (C=O) groups is 1. The number of nitrogens with zero attached hydrogens (tertiary/aromatic N) is 2. The van der Waals surface area contributed by atoms with E-state index in [-0.39, 0.29) is 5.69 Å². The van der Waals surface area contributed by atoms with Gasteiger partial charge in [-0.3, -0.25) is 4.79 Å². The normalized spacial score (nSPS) is 10.3. The van der Waals surface area contributed by atoms with Gasteiger partial charge in [0.15, 0.2) is 11.5 Å².